The zero-order valence-electron chi connectivity index (χ0n) is 17.2. The molecule has 0 fully saturated rings. The fraction of sp³-hybridized carbons (Fsp3) is 0.304. The van der Waals surface area contributed by atoms with Crippen LogP contribution in [0, 0.1) is 6.92 Å². The van der Waals surface area contributed by atoms with Gasteiger partial charge in [0.25, 0.3) is 11.8 Å². The number of nitrogens with zero attached hydrogens (tertiary/aromatic N) is 5. The Morgan fingerprint density at radius 3 is 2.81 bits per heavy atom. The van der Waals surface area contributed by atoms with Crippen LogP contribution in [0.2, 0.25) is 5.02 Å². The standard InChI is InChI=1S/C23H22ClN5O2/c1-15-12-16(24)5-6-18(15)22(30)27-9-7-20-19(14-27)21-23(31)28(10-11-29(21)26-20)13-17-4-2-3-8-25-17/h2-6,8,12H,7,9-11,13-14H2,1H3. The van der Waals surface area contributed by atoms with Crippen LogP contribution < -0.4 is 0 Å². The van der Waals surface area contributed by atoms with Crippen molar-refractivity contribution in [2.45, 2.75) is 33.0 Å². The molecule has 158 valence electrons. The van der Waals surface area contributed by atoms with Gasteiger partial charge in [0.1, 0.15) is 5.69 Å². The molecule has 2 aromatic heterocycles. The van der Waals surface area contributed by atoms with Crippen LogP contribution >= 0.6 is 11.6 Å². The molecule has 2 aliphatic heterocycles. The minimum absolute atomic E-state index is 0.0478. The largest absolute Gasteiger partial charge is 0.334 e. The molecule has 0 radical (unpaired) electrons. The van der Waals surface area contributed by atoms with Gasteiger partial charge in [-0.1, -0.05) is 17.7 Å². The molecule has 0 unspecified atom stereocenters. The second-order valence-electron chi connectivity index (χ2n) is 7.98. The summed E-state index contributed by atoms with van der Waals surface area (Å²) in [5.74, 6) is -0.101. The molecule has 5 rings (SSSR count). The van der Waals surface area contributed by atoms with Gasteiger partial charge in [-0.15, -0.1) is 0 Å². The van der Waals surface area contributed by atoms with E-state index in [1.165, 1.54) is 0 Å². The van der Waals surface area contributed by atoms with Crippen molar-refractivity contribution in [3.05, 3.63) is 81.4 Å². The molecular formula is C23H22ClN5O2. The second-order valence-corrected chi connectivity index (χ2v) is 8.42. The first-order valence-corrected chi connectivity index (χ1v) is 10.7. The summed E-state index contributed by atoms with van der Waals surface area (Å²) in [4.78, 5) is 34.4. The number of pyridine rings is 1. The van der Waals surface area contributed by atoms with Crippen LogP contribution in [0.3, 0.4) is 0 Å². The molecular weight excluding hydrogens is 414 g/mol. The highest BCUT2D eigenvalue weighted by Crippen LogP contribution is 2.28. The molecule has 4 heterocycles. The van der Waals surface area contributed by atoms with E-state index in [4.69, 9.17) is 11.6 Å². The Morgan fingerprint density at radius 2 is 2.03 bits per heavy atom. The summed E-state index contributed by atoms with van der Waals surface area (Å²) in [5, 5.41) is 5.29. The van der Waals surface area contributed by atoms with Crippen molar-refractivity contribution in [1.82, 2.24) is 24.6 Å². The van der Waals surface area contributed by atoms with Gasteiger partial charge >= 0.3 is 0 Å². The van der Waals surface area contributed by atoms with E-state index in [0.717, 1.165) is 22.5 Å². The van der Waals surface area contributed by atoms with Gasteiger partial charge in [-0.3, -0.25) is 19.3 Å². The van der Waals surface area contributed by atoms with E-state index >= 15 is 0 Å². The third kappa shape index (κ3) is 3.59. The Balaban J connectivity index is 1.41. The second kappa shape index (κ2) is 7.81. The number of hydrogen-bond donors (Lipinski definition) is 0. The van der Waals surface area contributed by atoms with Gasteiger partial charge in [0, 0.05) is 41.9 Å². The van der Waals surface area contributed by atoms with Crippen molar-refractivity contribution in [1.29, 1.82) is 0 Å². The number of hydrogen-bond acceptors (Lipinski definition) is 4. The third-order valence-electron chi connectivity index (χ3n) is 5.96. The lowest BCUT2D eigenvalue weighted by atomic mass is 10.0. The SMILES string of the molecule is Cc1cc(Cl)ccc1C(=O)N1CCc2nn3c(c2C1)C(=O)N(Cc1ccccn1)CC3. The van der Waals surface area contributed by atoms with Gasteiger partial charge in [0.2, 0.25) is 0 Å². The normalized spacial score (nSPS) is 15.6. The third-order valence-corrected chi connectivity index (χ3v) is 6.19. The molecule has 2 amide bonds. The summed E-state index contributed by atoms with van der Waals surface area (Å²) in [6.45, 7) is 4.55. The van der Waals surface area contributed by atoms with E-state index in [2.05, 4.69) is 10.1 Å². The first-order chi connectivity index (χ1) is 15.0. The van der Waals surface area contributed by atoms with Gasteiger partial charge in [0.05, 0.1) is 31.0 Å². The minimum atomic E-state index is -0.0531. The molecule has 8 heteroatoms. The highest BCUT2D eigenvalue weighted by atomic mass is 35.5. The molecule has 0 saturated carbocycles. The summed E-state index contributed by atoms with van der Waals surface area (Å²) in [5.41, 5.74) is 4.71. The quantitative estimate of drug-likeness (QED) is 0.633. The minimum Gasteiger partial charge on any atom is -0.334 e. The fourth-order valence-electron chi connectivity index (χ4n) is 4.34. The molecule has 0 N–H and O–H groups in total. The lowest BCUT2D eigenvalue weighted by Gasteiger charge is -2.30. The van der Waals surface area contributed by atoms with Crippen LogP contribution in [-0.2, 0) is 26.1 Å². The number of fused-ring (bicyclic) bond motifs is 3. The number of benzene rings is 1. The van der Waals surface area contributed by atoms with Crippen LogP contribution in [0.25, 0.3) is 0 Å². The number of carbonyl (C=O) groups excluding carboxylic acids is 2. The Labute approximate surface area is 185 Å². The molecule has 0 aliphatic carbocycles. The monoisotopic (exact) mass is 435 g/mol. The summed E-state index contributed by atoms with van der Waals surface area (Å²) in [7, 11) is 0. The Bertz CT molecular complexity index is 1170. The zero-order chi connectivity index (χ0) is 21.5. The van der Waals surface area contributed by atoms with Gasteiger partial charge < -0.3 is 9.80 Å². The van der Waals surface area contributed by atoms with Crippen LogP contribution in [0.15, 0.2) is 42.6 Å². The Morgan fingerprint density at radius 1 is 1.16 bits per heavy atom. The van der Waals surface area contributed by atoms with Gasteiger partial charge in [-0.05, 0) is 42.8 Å². The van der Waals surface area contributed by atoms with E-state index in [0.29, 0.717) is 55.4 Å². The number of amides is 2. The van der Waals surface area contributed by atoms with Crippen molar-refractivity contribution in [2.24, 2.45) is 0 Å². The maximum Gasteiger partial charge on any atom is 0.272 e. The van der Waals surface area contributed by atoms with Gasteiger partial charge in [-0.2, -0.15) is 5.10 Å². The topological polar surface area (TPSA) is 71.3 Å². The lowest BCUT2D eigenvalue weighted by Crippen LogP contribution is -2.41. The number of carbonyl (C=O) groups is 2. The molecule has 0 atom stereocenters. The maximum atomic E-state index is 13.3. The van der Waals surface area contributed by atoms with Crippen LogP contribution in [0.5, 0.6) is 0 Å². The van der Waals surface area contributed by atoms with Crippen molar-refractivity contribution < 1.29 is 9.59 Å². The van der Waals surface area contributed by atoms with E-state index < -0.39 is 0 Å². The molecule has 3 aromatic rings. The first kappa shape index (κ1) is 19.8. The van der Waals surface area contributed by atoms with Crippen molar-refractivity contribution in [3.63, 3.8) is 0 Å². The number of aromatic nitrogens is 3. The summed E-state index contributed by atoms with van der Waals surface area (Å²) in [6, 6.07) is 11.0. The highest BCUT2D eigenvalue weighted by molar-refractivity contribution is 6.30. The highest BCUT2D eigenvalue weighted by Gasteiger charge is 2.35. The van der Waals surface area contributed by atoms with Crippen LogP contribution in [0.4, 0.5) is 0 Å². The van der Waals surface area contributed by atoms with Gasteiger partial charge in [-0.25, -0.2) is 0 Å². The van der Waals surface area contributed by atoms with Gasteiger partial charge in [0.15, 0.2) is 0 Å². The average Bonchev–Trinajstić information content (AvgIpc) is 3.14. The van der Waals surface area contributed by atoms with E-state index in [-0.39, 0.29) is 11.8 Å². The maximum absolute atomic E-state index is 13.3. The molecule has 7 nitrogen and oxygen atoms in total. The summed E-state index contributed by atoms with van der Waals surface area (Å²) < 4.78 is 1.81. The van der Waals surface area contributed by atoms with Crippen molar-refractivity contribution in [2.75, 3.05) is 13.1 Å². The molecule has 2 aliphatic rings. The Kier molecular flexibility index (Phi) is 4.98. The molecule has 1 aromatic carbocycles. The smallest absolute Gasteiger partial charge is 0.272 e. The number of rotatable bonds is 3. The summed E-state index contributed by atoms with van der Waals surface area (Å²) in [6.07, 6.45) is 2.37. The molecule has 0 bridgehead atoms. The Hall–Kier alpha value is -3.19. The first-order valence-electron chi connectivity index (χ1n) is 10.3. The molecule has 0 saturated heterocycles. The lowest BCUT2D eigenvalue weighted by molar-refractivity contribution is 0.0668. The molecule has 31 heavy (non-hydrogen) atoms. The van der Waals surface area contributed by atoms with Crippen molar-refractivity contribution >= 4 is 23.4 Å². The predicted octanol–water partition coefficient (Wildman–Crippen LogP) is 3.09. The number of aryl methyl sites for hydroxylation is 1. The van der Waals surface area contributed by atoms with E-state index in [9.17, 15) is 9.59 Å². The van der Waals surface area contributed by atoms with Crippen LogP contribution in [0.1, 0.15) is 43.4 Å². The van der Waals surface area contributed by atoms with Crippen molar-refractivity contribution in [3.8, 4) is 0 Å². The predicted molar refractivity (Wildman–Crippen MR) is 116 cm³/mol. The zero-order valence-corrected chi connectivity index (χ0v) is 18.0. The van der Waals surface area contributed by atoms with E-state index in [1.807, 2.05) is 34.7 Å². The molecule has 0 spiro atoms. The summed E-state index contributed by atoms with van der Waals surface area (Å²) >= 11 is 6.04. The average molecular weight is 436 g/mol. The van der Waals surface area contributed by atoms with Crippen LogP contribution in [-0.4, -0.2) is 49.5 Å². The van der Waals surface area contributed by atoms with E-state index in [1.54, 1.807) is 29.3 Å². The fourth-order valence-corrected chi connectivity index (χ4v) is 4.57. The number of halogens is 1.